The summed E-state index contributed by atoms with van der Waals surface area (Å²) in [6.45, 7) is 2.98. The van der Waals surface area contributed by atoms with E-state index in [1.165, 1.54) is 12.0 Å². The fraction of sp³-hybridized carbons (Fsp3) is 0.562. The predicted octanol–water partition coefficient (Wildman–Crippen LogP) is 2.40. The summed E-state index contributed by atoms with van der Waals surface area (Å²) in [5, 5.41) is 3.36. The topological polar surface area (TPSA) is 41.6 Å². The summed E-state index contributed by atoms with van der Waals surface area (Å²) in [5.74, 6) is 1.81. The molecule has 1 aromatic rings. The van der Waals surface area contributed by atoms with E-state index in [0.717, 1.165) is 43.9 Å². The largest absolute Gasteiger partial charge is 0.497 e. The van der Waals surface area contributed by atoms with Crippen LogP contribution in [0.25, 0.3) is 0 Å². The number of rotatable bonds is 4. The molecule has 3 rings (SSSR count). The summed E-state index contributed by atoms with van der Waals surface area (Å²) in [5.41, 5.74) is 2.29. The monoisotopic (exact) mass is 310 g/mol. The maximum atomic E-state index is 12.4. The molecule has 1 atom stereocenters. The van der Waals surface area contributed by atoms with Crippen LogP contribution in [0.3, 0.4) is 0 Å². The molecule has 1 N–H and O–H groups in total. The number of methoxy groups -OCH3 is 1. The molecule has 21 heavy (non-hydrogen) atoms. The number of nitrogens with one attached hydrogen (secondary N) is 1. The molecule has 1 aromatic carbocycles. The van der Waals surface area contributed by atoms with E-state index in [9.17, 15) is 4.79 Å². The average molecular weight is 311 g/mol. The molecule has 1 fully saturated rings. The number of nitrogens with zero attached hydrogens (tertiary/aromatic N) is 1. The van der Waals surface area contributed by atoms with Gasteiger partial charge in [-0.3, -0.25) is 4.79 Å². The van der Waals surface area contributed by atoms with Gasteiger partial charge >= 0.3 is 0 Å². The van der Waals surface area contributed by atoms with E-state index in [1.807, 2.05) is 23.1 Å². The first-order valence-corrected chi connectivity index (χ1v) is 7.46. The van der Waals surface area contributed by atoms with Crippen molar-refractivity contribution in [2.75, 3.05) is 31.6 Å². The molecule has 0 radical (unpaired) electrons. The Morgan fingerprint density at radius 1 is 1.48 bits per heavy atom. The molecule has 1 amide bonds. The molecule has 2 aliphatic heterocycles. The lowest BCUT2D eigenvalue weighted by Crippen LogP contribution is -2.29. The number of ether oxygens (including phenoxy) is 1. The van der Waals surface area contributed by atoms with Gasteiger partial charge in [0.1, 0.15) is 5.75 Å². The minimum Gasteiger partial charge on any atom is -0.497 e. The van der Waals surface area contributed by atoms with Crippen molar-refractivity contribution in [2.45, 2.75) is 25.7 Å². The zero-order chi connectivity index (χ0) is 13.9. The van der Waals surface area contributed by atoms with Crippen LogP contribution in [-0.2, 0) is 11.2 Å². The molecule has 1 unspecified atom stereocenters. The summed E-state index contributed by atoms with van der Waals surface area (Å²) in [6, 6.07) is 5.99. The fourth-order valence-electron chi connectivity index (χ4n) is 3.19. The molecule has 116 valence electrons. The third kappa shape index (κ3) is 3.50. The fourth-order valence-corrected chi connectivity index (χ4v) is 3.19. The van der Waals surface area contributed by atoms with Gasteiger partial charge in [0.05, 0.1) is 7.11 Å². The maximum Gasteiger partial charge on any atom is 0.227 e. The molecular formula is C16H23ClN2O2. The van der Waals surface area contributed by atoms with Crippen LogP contribution in [0.15, 0.2) is 18.2 Å². The van der Waals surface area contributed by atoms with Crippen LogP contribution in [-0.4, -0.2) is 32.7 Å². The summed E-state index contributed by atoms with van der Waals surface area (Å²) in [4.78, 5) is 14.3. The molecule has 0 aliphatic carbocycles. The Bertz CT molecular complexity index is 501. The average Bonchev–Trinajstić information content (AvgIpc) is 3.13. The van der Waals surface area contributed by atoms with Crippen LogP contribution in [0.2, 0.25) is 0 Å². The zero-order valence-electron chi connectivity index (χ0n) is 12.4. The summed E-state index contributed by atoms with van der Waals surface area (Å²) in [6.07, 6.45) is 3.82. The maximum absolute atomic E-state index is 12.4. The van der Waals surface area contributed by atoms with E-state index in [-0.39, 0.29) is 18.3 Å². The Morgan fingerprint density at radius 3 is 3.05 bits per heavy atom. The third-order valence-corrected chi connectivity index (χ3v) is 4.41. The Kier molecular flexibility index (Phi) is 5.48. The minimum absolute atomic E-state index is 0. The number of hydrogen-bond acceptors (Lipinski definition) is 3. The predicted molar refractivity (Wildman–Crippen MR) is 86.5 cm³/mol. The van der Waals surface area contributed by atoms with Crippen molar-refractivity contribution in [3.05, 3.63) is 23.8 Å². The van der Waals surface area contributed by atoms with Crippen LogP contribution in [0.5, 0.6) is 5.75 Å². The Balaban J connectivity index is 0.00000161. The van der Waals surface area contributed by atoms with Gasteiger partial charge in [-0.25, -0.2) is 0 Å². The number of benzene rings is 1. The highest BCUT2D eigenvalue weighted by atomic mass is 35.5. The van der Waals surface area contributed by atoms with Crippen LogP contribution >= 0.6 is 12.4 Å². The molecule has 2 aliphatic rings. The van der Waals surface area contributed by atoms with E-state index >= 15 is 0 Å². The van der Waals surface area contributed by atoms with Crippen molar-refractivity contribution in [2.24, 2.45) is 5.92 Å². The lowest BCUT2D eigenvalue weighted by molar-refractivity contribution is -0.118. The molecule has 0 aromatic heterocycles. The molecule has 0 bridgehead atoms. The highest BCUT2D eigenvalue weighted by molar-refractivity contribution is 5.95. The number of carbonyl (C=O) groups is 1. The van der Waals surface area contributed by atoms with E-state index in [1.54, 1.807) is 7.11 Å². The van der Waals surface area contributed by atoms with Crippen LogP contribution in [0.1, 0.15) is 24.8 Å². The lowest BCUT2D eigenvalue weighted by atomic mass is 10.0. The van der Waals surface area contributed by atoms with Crippen molar-refractivity contribution in [1.29, 1.82) is 0 Å². The van der Waals surface area contributed by atoms with Gasteiger partial charge in [0.2, 0.25) is 5.91 Å². The molecule has 0 spiro atoms. The van der Waals surface area contributed by atoms with Crippen LogP contribution < -0.4 is 15.0 Å². The van der Waals surface area contributed by atoms with Gasteiger partial charge in [0.25, 0.3) is 0 Å². The summed E-state index contributed by atoms with van der Waals surface area (Å²) < 4.78 is 5.24. The van der Waals surface area contributed by atoms with Crippen LogP contribution in [0, 0.1) is 5.92 Å². The summed E-state index contributed by atoms with van der Waals surface area (Å²) in [7, 11) is 1.68. The normalized spacial score (nSPS) is 20.0. The molecule has 1 saturated heterocycles. The van der Waals surface area contributed by atoms with Crippen LogP contribution in [0.4, 0.5) is 5.69 Å². The second-order valence-electron chi connectivity index (χ2n) is 5.69. The lowest BCUT2D eigenvalue weighted by Gasteiger charge is -2.18. The van der Waals surface area contributed by atoms with Crippen molar-refractivity contribution in [3.63, 3.8) is 0 Å². The Morgan fingerprint density at radius 2 is 2.33 bits per heavy atom. The second kappa shape index (κ2) is 7.14. The first-order valence-electron chi connectivity index (χ1n) is 7.46. The number of anilines is 1. The molecule has 2 heterocycles. The van der Waals surface area contributed by atoms with Crippen molar-refractivity contribution < 1.29 is 9.53 Å². The third-order valence-electron chi connectivity index (χ3n) is 4.41. The standard InChI is InChI=1S/C16H22N2O2.ClH/c1-20-14-3-4-15-13(10-14)7-9-18(15)16(19)5-2-12-6-8-17-11-12;/h3-4,10,12,17H,2,5-9,11H2,1H3;1H. The number of halogens is 1. The molecular weight excluding hydrogens is 288 g/mol. The quantitative estimate of drug-likeness (QED) is 0.928. The van der Waals surface area contributed by atoms with E-state index < -0.39 is 0 Å². The van der Waals surface area contributed by atoms with Gasteiger partial charge in [-0.15, -0.1) is 12.4 Å². The summed E-state index contributed by atoms with van der Waals surface area (Å²) >= 11 is 0. The van der Waals surface area contributed by atoms with Gasteiger partial charge in [-0.05, 0) is 62.0 Å². The van der Waals surface area contributed by atoms with Crippen molar-refractivity contribution in [3.8, 4) is 5.75 Å². The van der Waals surface area contributed by atoms with Crippen molar-refractivity contribution in [1.82, 2.24) is 5.32 Å². The number of amides is 1. The van der Waals surface area contributed by atoms with Gasteiger partial charge in [-0.2, -0.15) is 0 Å². The zero-order valence-corrected chi connectivity index (χ0v) is 13.2. The first-order chi connectivity index (χ1) is 9.78. The van der Waals surface area contributed by atoms with E-state index in [4.69, 9.17) is 4.74 Å². The van der Waals surface area contributed by atoms with Gasteiger partial charge < -0.3 is 15.0 Å². The second-order valence-corrected chi connectivity index (χ2v) is 5.69. The number of fused-ring (bicyclic) bond motifs is 1. The van der Waals surface area contributed by atoms with E-state index in [2.05, 4.69) is 5.32 Å². The van der Waals surface area contributed by atoms with Crippen molar-refractivity contribution >= 4 is 24.0 Å². The molecule has 0 saturated carbocycles. The van der Waals surface area contributed by atoms with E-state index in [0.29, 0.717) is 12.3 Å². The van der Waals surface area contributed by atoms with Gasteiger partial charge in [-0.1, -0.05) is 0 Å². The Labute approximate surface area is 132 Å². The first kappa shape index (κ1) is 16.1. The molecule has 5 heteroatoms. The number of carbonyl (C=O) groups excluding carboxylic acids is 1. The van der Waals surface area contributed by atoms with Gasteiger partial charge in [0.15, 0.2) is 0 Å². The molecule has 4 nitrogen and oxygen atoms in total. The number of hydrogen-bond donors (Lipinski definition) is 1. The highest BCUT2D eigenvalue weighted by Gasteiger charge is 2.25. The SMILES string of the molecule is COc1ccc2c(c1)CCN2C(=O)CCC1CCNC1.Cl. The minimum atomic E-state index is 0. The Hall–Kier alpha value is -1.26. The van der Waals surface area contributed by atoms with Gasteiger partial charge in [0, 0.05) is 18.7 Å². The smallest absolute Gasteiger partial charge is 0.227 e. The highest BCUT2D eigenvalue weighted by Crippen LogP contribution is 2.32.